The Labute approximate surface area is 88.5 Å². The van der Waals surface area contributed by atoms with Gasteiger partial charge in [0.05, 0.1) is 5.69 Å². The van der Waals surface area contributed by atoms with E-state index in [0.717, 1.165) is 25.2 Å². The van der Waals surface area contributed by atoms with Crippen molar-refractivity contribution in [2.75, 3.05) is 32.1 Å². The van der Waals surface area contributed by atoms with Gasteiger partial charge >= 0.3 is 0 Å². The van der Waals surface area contributed by atoms with Crippen molar-refractivity contribution < 1.29 is 0 Å². The molecule has 1 aliphatic rings. The first kappa shape index (κ1) is 10.2. The van der Waals surface area contributed by atoms with Crippen LogP contribution in [0, 0.1) is 0 Å². The van der Waals surface area contributed by atoms with E-state index in [1.54, 1.807) is 6.07 Å². The third kappa shape index (κ3) is 2.18. The summed E-state index contributed by atoms with van der Waals surface area (Å²) >= 11 is 0. The number of rotatable bonds is 2. The van der Waals surface area contributed by atoms with Crippen LogP contribution in [0.3, 0.4) is 0 Å². The zero-order valence-corrected chi connectivity index (χ0v) is 9.08. The topological polar surface area (TPSA) is 61.0 Å². The van der Waals surface area contributed by atoms with E-state index in [-0.39, 0.29) is 5.56 Å². The second kappa shape index (κ2) is 4.02. The molecule has 82 valence electrons. The van der Waals surface area contributed by atoms with Crippen molar-refractivity contribution in [2.45, 2.75) is 12.3 Å². The first-order valence-electron chi connectivity index (χ1n) is 5.16. The fourth-order valence-corrected chi connectivity index (χ4v) is 1.79. The van der Waals surface area contributed by atoms with Gasteiger partial charge in [-0.15, -0.1) is 0 Å². The van der Waals surface area contributed by atoms with E-state index >= 15 is 0 Å². The van der Waals surface area contributed by atoms with E-state index in [4.69, 9.17) is 0 Å². The Morgan fingerprint density at radius 2 is 2.33 bits per heavy atom. The average Bonchev–Trinajstić information content (AvgIpc) is 2.69. The molecule has 0 bridgehead atoms. The second-order valence-corrected chi connectivity index (χ2v) is 4.08. The van der Waals surface area contributed by atoms with E-state index in [0.29, 0.717) is 11.9 Å². The molecule has 5 nitrogen and oxygen atoms in total. The predicted octanol–water partition coefficient (Wildman–Crippen LogP) is -0.0872. The highest BCUT2D eigenvalue weighted by Crippen LogP contribution is 2.19. The second-order valence-electron chi connectivity index (χ2n) is 4.08. The summed E-state index contributed by atoms with van der Waals surface area (Å²) in [7, 11) is 3.74. The number of hydrogen-bond donors (Lipinski definition) is 2. The third-order valence-corrected chi connectivity index (χ3v) is 2.65. The van der Waals surface area contributed by atoms with Crippen LogP contribution < -0.4 is 15.8 Å². The number of anilines is 1. The van der Waals surface area contributed by atoms with Crippen molar-refractivity contribution >= 4 is 5.95 Å². The zero-order chi connectivity index (χ0) is 10.8. The van der Waals surface area contributed by atoms with Gasteiger partial charge in [-0.25, -0.2) is 4.98 Å². The van der Waals surface area contributed by atoms with Crippen LogP contribution in [-0.2, 0) is 0 Å². The van der Waals surface area contributed by atoms with Crippen LogP contribution in [0.15, 0.2) is 10.9 Å². The van der Waals surface area contributed by atoms with Crippen LogP contribution in [0.2, 0.25) is 0 Å². The predicted molar refractivity (Wildman–Crippen MR) is 59.4 cm³/mol. The Hall–Kier alpha value is -1.36. The van der Waals surface area contributed by atoms with Crippen molar-refractivity contribution in [1.29, 1.82) is 0 Å². The van der Waals surface area contributed by atoms with E-state index in [2.05, 4.69) is 15.3 Å². The molecule has 2 rings (SSSR count). The molecule has 1 aliphatic heterocycles. The Kier molecular flexibility index (Phi) is 2.73. The summed E-state index contributed by atoms with van der Waals surface area (Å²) in [6, 6.07) is 1.60. The Morgan fingerprint density at radius 1 is 1.53 bits per heavy atom. The molecule has 0 amide bonds. The van der Waals surface area contributed by atoms with Gasteiger partial charge < -0.3 is 10.2 Å². The molecule has 1 fully saturated rings. The van der Waals surface area contributed by atoms with Gasteiger partial charge in [-0.1, -0.05) is 0 Å². The standard InChI is InChI=1S/C10H16N4O/c1-14(2)10-12-8(5-9(15)13-10)7-3-4-11-6-7/h5,7,11H,3-4,6H2,1-2H3,(H,12,13,15)/t7-/m0/s1. The third-order valence-electron chi connectivity index (χ3n) is 2.65. The number of nitrogens with one attached hydrogen (secondary N) is 2. The summed E-state index contributed by atoms with van der Waals surface area (Å²) in [5.74, 6) is 1.01. The van der Waals surface area contributed by atoms with Crippen LogP contribution >= 0.6 is 0 Å². The van der Waals surface area contributed by atoms with Gasteiger partial charge in [0.1, 0.15) is 0 Å². The Bertz CT molecular complexity index is 393. The van der Waals surface area contributed by atoms with Crippen LogP contribution in [0.1, 0.15) is 18.0 Å². The average molecular weight is 208 g/mol. The molecule has 1 aromatic rings. The molecule has 0 aliphatic carbocycles. The molecule has 0 radical (unpaired) electrons. The highest BCUT2D eigenvalue weighted by molar-refractivity contribution is 5.28. The van der Waals surface area contributed by atoms with Gasteiger partial charge in [-0.2, -0.15) is 0 Å². The van der Waals surface area contributed by atoms with Gasteiger partial charge in [0, 0.05) is 32.6 Å². The van der Waals surface area contributed by atoms with Crippen LogP contribution in [-0.4, -0.2) is 37.2 Å². The summed E-state index contributed by atoms with van der Waals surface area (Å²) in [5.41, 5.74) is 0.822. The number of nitrogens with zero attached hydrogens (tertiary/aromatic N) is 2. The largest absolute Gasteiger partial charge is 0.348 e. The molecular weight excluding hydrogens is 192 g/mol. The monoisotopic (exact) mass is 208 g/mol. The van der Waals surface area contributed by atoms with Gasteiger partial charge in [0.15, 0.2) is 0 Å². The lowest BCUT2D eigenvalue weighted by Crippen LogP contribution is -2.21. The van der Waals surface area contributed by atoms with Crippen LogP contribution in [0.25, 0.3) is 0 Å². The van der Waals surface area contributed by atoms with Crippen molar-refractivity contribution in [2.24, 2.45) is 0 Å². The van der Waals surface area contributed by atoms with Crippen LogP contribution in [0.4, 0.5) is 5.95 Å². The maximum Gasteiger partial charge on any atom is 0.252 e. The minimum absolute atomic E-state index is 0.0735. The number of aromatic nitrogens is 2. The molecule has 15 heavy (non-hydrogen) atoms. The zero-order valence-electron chi connectivity index (χ0n) is 9.08. The van der Waals surface area contributed by atoms with E-state index < -0.39 is 0 Å². The summed E-state index contributed by atoms with van der Waals surface area (Å²) in [6.45, 7) is 1.93. The van der Waals surface area contributed by atoms with Crippen LogP contribution in [0.5, 0.6) is 0 Å². The Morgan fingerprint density at radius 3 is 2.93 bits per heavy atom. The first-order valence-corrected chi connectivity index (χ1v) is 5.16. The van der Waals surface area contributed by atoms with E-state index in [9.17, 15) is 4.79 Å². The van der Waals surface area contributed by atoms with E-state index in [1.807, 2.05) is 19.0 Å². The molecule has 2 heterocycles. The quantitative estimate of drug-likeness (QED) is 0.713. The first-order chi connectivity index (χ1) is 7.16. The summed E-state index contributed by atoms with van der Waals surface area (Å²) < 4.78 is 0. The molecule has 0 spiro atoms. The lowest BCUT2D eigenvalue weighted by atomic mass is 10.1. The molecule has 0 saturated carbocycles. The van der Waals surface area contributed by atoms with Crippen molar-refractivity contribution in [3.63, 3.8) is 0 Å². The molecular formula is C10H16N4O. The highest BCUT2D eigenvalue weighted by Gasteiger charge is 2.19. The molecule has 0 aromatic carbocycles. The lowest BCUT2D eigenvalue weighted by Gasteiger charge is -2.13. The SMILES string of the molecule is CN(C)c1nc([C@H]2CCNC2)cc(=O)[nH]1. The molecule has 1 atom stereocenters. The van der Waals surface area contributed by atoms with Gasteiger partial charge in [-0.3, -0.25) is 9.78 Å². The lowest BCUT2D eigenvalue weighted by molar-refractivity contribution is 0.725. The molecule has 1 saturated heterocycles. The number of aromatic amines is 1. The van der Waals surface area contributed by atoms with Gasteiger partial charge in [0.2, 0.25) is 5.95 Å². The molecule has 0 unspecified atom stereocenters. The normalized spacial score (nSPS) is 20.5. The maximum atomic E-state index is 11.4. The summed E-state index contributed by atoms with van der Waals surface area (Å²) in [6.07, 6.45) is 1.06. The Balaban J connectivity index is 2.34. The number of hydrogen-bond acceptors (Lipinski definition) is 4. The molecule has 2 N–H and O–H groups in total. The fraction of sp³-hybridized carbons (Fsp3) is 0.600. The van der Waals surface area contributed by atoms with Gasteiger partial charge in [0.25, 0.3) is 5.56 Å². The van der Waals surface area contributed by atoms with E-state index in [1.165, 1.54) is 0 Å². The molecule has 1 aromatic heterocycles. The van der Waals surface area contributed by atoms with Crippen molar-refractivity contribution in [3.8, 4) is 0 Å². The van der Waals surface area contributed by atoms with Crippen molar-refractivity contribution in [3.05, 3.63) is 22.1 Å². The van der Waals surface area contributed by atoms with Gasteiger partial charge in [-0.05, 0) is 13.0 Å². The fourth-order valence-electron chi connectivity index (χ4n) is 1.79. The maximum absolute atomic E-state index is 11.4. The minimum atomic E-state index is -0.0735. The minimum Gasteiger partial charge on any atom is -0.348 e. The number of H-pyrrole nitrogens is 1. The summed E-state index contributed by atoms with van der Waals surface area (Å²) in [4.78, 5) is 20.4. The summed E-state index contributed by atoms with van der Waals surface area (Å²) in [5, 5.41) is 3.27. The highest BCUT2D eigenvalue weighted by atomic mass is 16.1. The van der Waals surface area contributed by atoms with Crippen molar-refractivity contribution in [1.82, 2.24) is 15.3 Å². The molecule has 5 heteroatoms. The smallest absolute Gasteiger partial charge is 0.252 e.